The molecule has 1 saturated carbocycles. The Balaban J connectivity index is 1.98. The van der Waals surface area contributed by atoms with E-state index in [1.54, 1.807) is 0 Å². The normalized spacial score (nSPS) is 22.4. The van der Waals surface area contributed by atoms with Crippen molar-refractivity contribution in [1.29, 1.82) is 0 Å². The third-order valence-corrected chi connectivity index (χ3v) is 4.00. The standard InChI is InChI=1S/C17H26O/c1-13(2)12-14-7-9-15(10-8-14)18-16-6-5-11-17(16,3)4/h7-10,13,16H,5-6,11-12H2,1-4H3. The molecule has 1 atom stereocenters. The zero-order chi connectivity index (χ0) is 13.2. The van der Waals surface area contributed by atoms with Crippen molar-refractivity contribution in [3.05, 3.63) is 29.8 Å². The quantitative estimate of drug-likeness (QED) is 0.738. The highest BCUT2D eigenvalue weighted by molar-refractivity contribution is 5.28. The van der Waals surface area contributed by atoms with Gasteiger partial charge < -0.3 is 4.74 Å². The second-order valence-corrected chi connectivity index (χ2v) is 6.73. The molecule has 0 aromatic heterocycles. The van der Waals surface area contributed by atoms with E-state index in [4.69, 9.17) is 4.74 Å². The second-order valence-electron chi connectivity index (χ2n) is 6.73. The topological polar surface area (TPSA) is 9.23 Å². The molecule has 0 spiro atoms. The molecule has 18 heavy (non-hydrogen) atoms. The van der Waals surface area contributed by atoms with E-state index in [0.717, 1.165) is 12.2 Å². The molecular weight excluding hydrogens is 220 g/mol. The molecule has 1 aliphatic rings. The van der Waals surface area contributed by atoms with Gasteiger partial charge in [0, 0.05) is 5.41 Å². The van der Waals surface area contributed by atoms with Gasteiger partial charge in [0.1, 0.15) is 11.9 Å². The molecule has 0 saturated heterocycles. The first-order chi connectivity index (χ1) is 8.47. The van der Waals surface area contributed by atoms with Gasteiger partial charge in [-0.3, -0.25) is 0 Å². The van der Waals surface area contributed by atoms with E-state index < -0.39 is 0 Å². The first kappa shape index (κ1) is 13.5. The monoisotopic (exact) mass is 246 g/mol. The first-order valence-electron chi connectivity index (χ1n) is 7.23. The Bertz CT molecular complexity index is 375. The first-order valence-corrected chi connectivity index (χ1v) is 7.23. The number of ether oxygens (including phenoxy) is 1. The molecule has 1 aliphatic carbocycles. The fourth-order valence-corrected chi connectivity index (χ4v) is 2.85. The molecule has 2 rings (SSSR count). The van der Waals surface area contributed by atoms with Crippen LogP contribution >= 0.6 is 0 Å². The Kier molecular flexibility index (Phi) is 3.99. The predicted molar refractivity (Wildman–Crippen MR) is 77.0 cm³/mol. The molecule has 1 fully saturated rings. The van der Waals surface area contributed by atoms with Crippen molar-refractivity contribution < 1.29 is 4.74 Å². The Labute approximate surface area is 112 Å². The minimum atomic E-state index is 0.330. The van der Waals surface area contributed by atoms with Gasteiger partial charge in [-0.25, -0.2) is 0 Å². The summed E-state index contributed by atoms with van der Waals surface area (Å²) in [6.07, 6.45) is 5.30. The number of rotatable bonds is 4. The Hall–Kier alpha value is -0.980. The lowest BCUT2D eigenvalue weighted by Gasteiger charge is -2.27. The summed E-state index contributed by atoms with van der Waals surface area (Å²) < 4.78 is 6.15. The molecule has 0 heterocycles. The van der Waals surface area contributed by atoms with Crippen LogP contribution in [0.5, 0.6) is 5.75 Å². The maximum absolute atomic E-state index is 6.15. The fourth-order valence-electron chi connectivity index (χ4n) is 2.85. The summed E-state index contributed by atoms with van der Waals surface area (Å²) in [6, 6.07) is 8.67. The third kappa shape index (κ3) is 3.28. The third-order valence-electron chi connectivity index (χ3n) is 4.00. The van der Waals surface area contributed by atoms with E-state index in [2.05, 4.69) is 52.0 Å². The maximum atomic E-state index is 6.15. The van der Waals surface area contributed by atoms with Crippen LogP contribution in [0.15, 0.2) is 24.3 Å². The van der Waals surface area contributed by atoms with Gasteiger partial charge >= 0.3 is 0 Å². The lowest BCUT2D eigenvalue weighted by molar-refractivity contribution is 0.103. The van der Waals surface area contributed by atoms with Gasteiger partial charge in [0.05, 0.1) is 0 Å². The summed E-state index contributed by atoms with van der Waals surface area (Å²) in [5.74, 6) is 1.74. The van der Waals surface area contributed by atoms with Gasteiger partial charge in [-0.05, 0) is 49.3 Å². The lowest BCUT2D eigenvalue weighted by atomic mass is 9.89. The summed E-state index contributed by atoms with van der Waals surface area (Å²) >= 11 is 0. The van der Waals surface area contributed by atoms with Gasteiger partial charge in [-0.2, -0.15) is 0 Å². The average Bonchev–Trinajstić information content (AvgIpc) is 2.60. The summed E-state index contributed by atoms with van der Waals surface area (Å²) in [7, 11) is 0. The molecule has 0 radical (unpaired) electrons. The Morgan fingerprint density at radius 1 is 1.22 bits per heavy atom. The van der Waals surface area contributed by atoms with E-state index >= 15 is 0 Å². The van der Waals surface area contributed by atoms with Crippen molar-refractivity contribution in [3.8, 4) is 5.75 Å². The summed E-state index contributed by atoms with van der Waals surface area (Å²) in [5.41, 5.74) is 1.74. The van der Waals surface area contributed by atoms with E-state index in [1.807, 2.05) is 0 Å². The van der Waals surface area contributed by atoms with Gasteiger partial charge in [0.25, 0.3) is 0 Å². The minimum absolute atomic E-state index is 0.330. The lowest BCUT2D eigenvalue weighted by Crippen LogP contribution is -2.28. The Morgan fingerprint density at radius 3 is 2.39 bits per heavy atom. The molecular formula is C17H26O. The van der Waals surface area contributed by atoms with Gasteiger partial charge in [-0.1, -0.05) is 39.8 Å². The molecule has 0 amide bonds. The summed E-state index contributed by atoms with van der Waals surface area (Å²) in [5, 5.41) is 0. The summed E-state index contributed by atoms with van der Waals surface area (Å²) in [6.45, 7) is 9.15. The average molecular weight is 246 g/mol. The zero-order valence-corrected chi connectivity index (χ0v) is 12.2. The molecule has 1 nitrogen and oxygen atoms in total. The highest BCUT2D eigenvalue weighted by Gasteiger charge is 2.36. The Morgan fingerprint density at radius 2 is 1.89 bits per heavy atom. The van der Waals surface area contributed by atoms with Crippen LogP contribution in [0.3, 0.4) is 0 Å². The van der Waals surface area contributed by atoms with Crippen LogP contribution in [0.2, 0.25) is 0 Å². The number of hydrogen-bond donors (Lipinski definition) is 0. The van der Waals surface area contributed by atoms with Crippen molar-refractivity contribution in [2.45, 2.75) is 59.5 Å². The van der Waals surface area contributed by atoms with Gasteiger partial charge in [0.15, 0.2) is 0 Å². The predicted octanol–water partition coefficient (Wildman–Crippen LogP) is 4.84. The minimum Gasteiger partial charge on any atom is -0.490 e. The van der Waals surface area contributed by atoms with E-state index in [0.29, 0.717) is 17.4 Å². The van der Waals surface area contributed by atoms with Crippen LogP contribution in [-0.4, -0.2) is 6.10 Å². The summed E-state index contributed by atoms with van der Waals surface area (Å²) in [4.78, 5) is 0. The van der Waals surface area contributed by atoms with E-state index in [9.17, 15) is 0 Å². The molecule has 1 aromatic carbocycles. The van der Waals surface area contributed by atoms with E-state index in [1.165, 1.54) is 24.8 Å². The second kappa shape index (κ2) is 5.34. The largest absolute Gasteiger partial charge is 0.490 e. The molecule has 100 valence electrons. The zero-order valence-electron chi connectivity index (χ0n) is 12.2. The SMILES string of the molecule is CC(C)Cc1ccc(OC2CCCC2(C)C)cc1. The van der Waals surface area contributed by atoms with Crippen molar-refractivity contribution in [1.82, 2.24) is 0 Å². The van der Waals surface area contributed by atoms with Crippen LogP contribution in [0.4, 0.5) is 0 Å². The van der Waals surface area contributed by atoms with E-state index in [-0.39, 0.29) is 0 Å². The van der Waals surface area contributed by atoms with Crippen molar-refractivity contribution in [3.63, 3.8) is 0 Å². The highest BCUT2D eigenvalue weighted by atomic mass is 16.5. The molecule has 1 aromatic rings. The molecule has 0 aliphatic heterocycles. The van der Waals surface area contributed by atoms with Crippen LogP contribution in [0.25, 0.3) is 0 Å². The maximum Gasteiger partial charge on any atom is 0.119 e. The molecule has 0 bridgehead atoms. The van der Waals surface area contributed by atoms with Crippen molar-refractivity contribution in [2.24, 2.45) is 11.3 Å². The van der Waals surface area contributed by atoms with Crippen molar-refractivity contribution >= 4 is 0 Å². The van der Waals surface area contributed by atoms with Crippen LogP contribution in [0.1, 0.15) is 52.5 Å². The fraction of sp³-hybridized carbons (Fsp3) is 0.647. The molecule has 1 unspecified atom stereocenters. The molecule has 1 heteroatoms. The van der Waals surface area contributed by atoms with Crippen LogP contribution in [-0.2, 0) is 6.42 Å². The van der Waals surface area contributed by atoms with Crippen molar-refractivity contribution in [2.75, 3.05) is 0 Å². The molecule has 0 N–H and O–H groups in total. The smallest absolute Gasteiger partial charge is 0.119 e. The highest BCUT2D eigenvalue weighted by Crippen LogP contribution is 2.39. The van der Waals surface area contributed by atoms with Crippen LogP contribution < -0.4 is 4.74 Å². The number of hydrogen-bond acceptors (Lipinski definition) is 1. The van der Waals surface area contributed by atoms with Crippen LogP contribution in [0, 0.1) is 11.3 Å². The van der Waals surface area contributed by atoms with Gasteiger partial charge in [0.2, 0.25) is 0 Å². The van der Waals surface area contributed by atoms with Gasteiger partial charge in [-0.15, -0.1) is 0 Å². The number of benzene rings is 1.